The second-order valence-electron chi connectivity index (χ2n) is 7.85. The molecule has 1 aliphatic carbocycles. The first-order valence-electron chi connectivity index (χ1n) is 10.5. The predicted octanol–water partition coefficient (Wildman–Crippen LogP) is 2.84. The van der Waals surface area contributed by atoms with Gasteiger partial charge in [-0.3, -0.25) is 9.59 Å². The number of nitrogens with one attached hydrogen (secondary N) is 2. The van der Waals surface area contributed by atoms with Gasteiger partial charge in [0.25, 0.3) is 5.91 Å². The van der Waals surface area contributed by atoms with Gasteiger partial charge in [-0.25, -0.2) is 4.79 Å². The number of hydrogen-bond acceptors (Lipinski definition) is 5. The lowest BCUT2D eigenvalue weighted by molar-refractivity contribution is -0.152. The fourth-order valence-corrected chi connectivity index (χ4v) is 3.33. The number of hydrogen-bond donors (Lipinski definition) is 2. The molecule has 1 aliphatic rings. The zero-order valence-corrected chi connectivity index (χ0v) is 18.0. The number of rotatable bonds is 9. The average molecular weight is 417 g/mol. The minimum atomic E-state index is -0.833. The summed E-state index contributed by atoms with van der Waals surface area (Å²) >= 11 is 0. The molecule has 1 aromatic carbocycles. The summed E-state index contributed by atoms with van der Waals surface area (Å²) in [5.41, 5.74) is 0.828. The van der Waals surface area contributed by atoms with Crippen molar-refractivity contribution in [2.24, 2.45) is 5.92 Å². The summed E-state index contributed by atoms with van der Waals surface area (Å²) in [6.45, 7) is 3.28. The SMILES string of the molecule is COc1ccc(/C=C/C(=O)N[C@@H](C(=O)OCC(=O)NC2CCCCC2)C(C)C)cc1. The lowest BCUT2D eigenvalue weighted by Crippen LogP contribution is -2.46. The Hall–Kier alpha value is -2.83. The molecule has 0 aliphatic heterocycles. The lowest BCUT2D eigenvalue weighted by Gasteiger charge is -2.23. The molecular formula is C23H32N2O5. The number of esters is 1. The summed E-state index contributed by atoms with van der Waals surface area (Å²) in [4.78, 5) is 36.7. The third kappa shape index (κ3) is 7.89. The van der Waals surface area contributed by atoms with E-state index in [0.29, 0.717) is 0 Å². The van der Waals surface area contributed by atoms with Crippen LogP contribution in [0.2, 0.25) is 0 Å². The Kier molecular flexibility index (Phi) is 9.38. The summed E-state index contributed by atoms with van der Waals surface area (Å²) in [6, 6.07) is 6.56. The predicted molar refractivity (Wildman–Crippen MR) is 115 cm³/mol. The molecule has 1 saturated carbocycles. The first kappa shape index (κ1) is 23.4. The van der Waals surface area contributed by atoms with Crippen LogP contribution >= 0.6 is 0 Å². The molecule has 1 fully saturated rings. The van der Waals surface area contributed by atoms with E-state index in [9.17, 15) is 14.4 Å². The van der Waals surface area contributed by atoms with Crippen molar-refractivity contribution in [3.8, 4) is 5.75 Å². The fraction of sp³-hybridized carbons (Fsp3) is 0.522. The van der Waals surface area contributed by atoms with E-state index in [1.165, 1.54) is 12.5 Å². The highest BCUT2D eigenvalue weighted by Gasteiger charge is 2.26. The Balaban J connectivity index is 1.82. The molecule has 0 saturated heterocycles. The van der Waals surface area contributed by atoms with Gasteiger partial charge in [-0.2, -0.15) is 0 Å². The molecule has 1 atom stereocenters. The van der Waals surface area contributed by atoms with Crippen LogP contribution in [0.4, 0.5) is 0 Å². The van der Waals surface area contributed by atoms with Crippen molar-refractivity contribution >= 4 is 23.9 Å². The van der Waals surface area contributed by atoms with Gasteiger partial charge < -0.3 is 20.1 Å². The van der Waals surface area contributed by atoms with Gasteiger partial charge >= 0.3 is 5.97 Å². The summed E-state index contributed by atoms with van der Waals surface area (Å²) in [7, 11) is 1.59. The van der Waals surface area contributed by atoms with Crippen molar-refractivity contribution in [1.82, 2.24) is 10.6 Å². The standard InChI is InChI=1S/C23H32N2O5/c1-16(2)22(23(28)30-15-21(27)24-18-7-5-4-6-8-18)25-20(26)14-11-17-9-12-19(29-3)13-10-17/h9-14,16,18,22H,4-8,15H2,1-3H3,(H,24,27)(H,25,26)/b14-11+/t22-/m1/s1. The molecule has 164 valence electrons. The molecule has 2 amide bonds. The molecule has 0 spiro atoms. The third-order valence-corrected chi connectivity index (χ3v) is 5.08. The van der Waals surface area contributed by atoms with Gasteiger partial charge in [0, 0.05) is 12.1 Å². The maximum absolute atomic E-state index is 12.4. The second kappa shape index (κ2) is 12.0. The number of ether oxygens (including phenoxy) is 2. The Morgan fingerprint density at radius 2 is 1.77 bits per heavy atom. The van der Waals surface area contributed by atoms with Gasteiger partial charge in [0.05, 0.1) is 7.11 Å². The van der Waals surface area contributed by atoms with Crippen LogP contribution in [0.3, 0.4) is 0 Å². The van der Waals surface area contributed by atoms with Crippen molar-refractivity contribution in [2.45, 2.75) is 58.0 Å². The minimum absolute atomic E-state index is 0.161. The molecule has 7 heteroatoms. The quantitative estimate of drug-likeness (QED) is 0.477. The number of carbonyl (C=O) groups is 3. The molecular weight excluding hydrogens is 384 g/mol. The smallest absolute Gasteiger partial charge is 0.329 e. The van der Waals surface area contributed by atoms with Crippen molar-refractivity contribution in [3.63, 3.8) is 0 Å². The first-order valence-corrected chi connectivity index (χ1v) is 10.5. The van der Waals surface area contributed by atoms with E-state index in [2.05, 4.69) is 10.6 Å². The van der Waals surface area contributed by atoms with Crippen LogP contribution in [0.5, 0.6) is 5.75 Å². The summed E-state index contributed by atoms with van der Waals surface area (Å²) in [5.74, 6) is -0.782. The molecule has 1 aromatic rings. The topological polar surface area (TPSA) is 93.7 Å². The molecule has 30 heavy (non-hydrogen) atoms. The molecule has 2 rings (SSSR count). The zero-order chi connectivity index (χ0) is 21.9. The summed E-state index contributed by atoms with van der Waals surface area (Å²) < 4.78 is 10.3. The Morgan fingerprint density at radius 3 is 2.37 bits per heavy atom. The van der Waals surface area contributed by atoms with E-state index in [0.717, 1.165) is 37.0 Å². The van der Waals surface area contributed by atoms with E-state index < -0.39 is 17.9 Å². The molecule has 0 radical (unpaired) electrons. The summed E-state index contributed by atoms with van der Waals surface area (Å²) in [6.07, 6.45) is 8.35. The van der Waals surface area contributed by atoms with E-state index in [1.54, 1.807) is 25.3 Å². The fourth-order valence-electron chi connectivity index (χ4n) is 3.33. The normalized spacial score (nSPS) is 15.6. The highest BCUT2D eigenvalue weighted by molar-refractivity contribution is 5.95. The van der Waals surface area contributed by atoms with Gasteiger partial charge in [0.2, 0.25) is 5.91 Å². The maximum atomic E-state index is 12.4. The highest BCUT2D eigenvalue weighted by atomic mass is 16.5. The van der Waals surface area contributed by atoms with E-state index in [4.69, 9.17) is 9.47 Å². The number of methoxy groups -OCH3 is 1. The van der Waals surface area contributed by atoms with Crippen LogP contribution in [-0.2, 0) is 19.1 Å². The molecule has 0 unspecified atom stereocenters. The van der Waals surface area contributed by atoms with Crippen molar-refractivity contribution in [1.29, 1.82) is 0 Å². The third-order valence-electron chi connectivity index (χ3n) is 5.08. The second-order valence-corrected chi connectivity index (χ2v) is 7.85. The van der Waals surface area contributed by atoms with E-state index >= 15 is 0 Å². The van der Waals surface area contributed by atoms with Crippen LogP contribution in [0.1, 0.15) is 51.5 Å². The Bertz CT molecular complexity index is 736. The number of carbonyl (C=O) groups excluding carboxylic acids is 3. The van der Waals surface area contributed by atoms with Crippen molar-refractivity contribution in [3.05, 3.63) is 35.9 Å². The van der Waals surface area contributed by atoms with Crippen LogP contribution in [0.25, 0.3) is 6.08 Å². The largest absolute Gasteiger partial charge is 0.497 e. The maximum Gasteiger partial charge on any atom is 0.329 e. The summed E-state index contributed by atoms with van der Waals surface area (Å²) in [5, 5.41) is 5.56. The van der Waals surface area contributed by atoms with Crippen LogP contribution in [0, 0.1) is 5.92 Å². The van der Waals surface area contributed by atoms with Crippen LogP contribution in [0.15, 0.2) is 30.3 Å². The van der Waals surface area contributed by atoms with Gasteiger partial charge in [-0.15, -0.1) is 0 Å². The molecule has 0 bridgehead atoms. The van der Waals surface area contributed by atoms with Gasteiger partial charge in [-0.1, -0.05) is 45.2 Å². The Morgan fingerprint density at radius 1 is 1.10 bits per heavy atom. The van der Waals surface area contributed by atoms with E-state index in [-0.39, 0.29) is 24.5 Å². The molecule has 0 aromatic heterocycles. The molecule has 7 nitrogen and oxygen atoms in total. The number of amides is 2. The number of benzene rings is 1. The van der Waals surface area contributed by atoms with Crippen LogP contribution in [-0.4, -0.2) is 43.6 Å². The molecule has 2 N–H and O–H groups in total. The zero-order valence-electron chi connectivity index (χ0n) is 18.0. The van der Waals surface area contributed by atoms with Crippen molar-refractivity contribution < 1.29 is 23.9 Å². The van der Waals surface area contributed by atoms with Crippen LogP contribution < -0.4 is 15.4 Å². The Labute approximate surface area is 178 Å². The van der Waals surface area contributed by atoms with Crippen molar-refractivity contribution in [2.75, 3.05) is 13.7 Å². The minimum Gasteiger partial charge on any atom is -0.497 e. The lowest BCUT2D eigenvalue weighted by atomic mass is 9.95. The van der Waals surface area contributed by atoms with Gasteiger partial charge in [0.1, 0.15) is 11.8 Å². The van der Waals surface area contributed by atoms with Gasteiger partial charge in [0.15, 0.2) is 6.61 Å². The van der Waals surface area contributed by atoms with E-state index in [1.807, 2.05) is 26.0 Å². The molecule has 0 heterocycles. The average Bonchev–Trinajstić information content (AvgIpc) is 2.75. The first-order chi connectivity index (χ1) is 14.4. The highest BCUT2D eigenvalue weighted by Crippen LogP contribution is 2.17. The monoisotopic (exact) mass is 416 g/mol. The van der Waals surface area contributed by atoms with Gasteiger partial charge in [-0.05, 0) is 42.5 Å².